The van der Waals surface area contributed by atoms with Crippen molar-refractivity contribution in [3.8, 4) is 6.07 Å². The van der Waals surface area contributed by atoms with Crippen molar-refractivity contribution in [2.75, 3.05) is 36.9 Å². The summed E-state index contributed by atoms with van der Waals surface area (Å²) in [6.45, 7) is 4.08. The predicted octanol–water partition coefficient (Wildman–Crippen LogP) is 2.69. The third kappa shape index (κ3) is 5.04. The third-order valence-corrected chi connectivity index (χ3v) is 6.68. The Hall–Kier alpha value is -4.30. The number of carboxylic acids is 1. The van der Waals surface area contributed by atoms with E-state index in [-0.39, 0.29) is 11.6 Å². The van der Waals surface area contributed by atoms with E-state index < -0.39 is 17.9 Å². The monoisotopic (exact) mass is 489 g/mol. The van der Waals surface area contributed by atoms with Crippen LogP contribution in [-0.4, -0.2) is 75.6 Å². The van der Waals surface area contributed by atoms with E-state index in [1.807, 2.05) is 13.1 Å². The average molecular weight is 490 g/mol. The Labute approximate surface area is 208 Å². The minimum absolute atomic E-state index is 0.0905. The van der Waals surface area contributed by atoms with Gasteiger partial charge in [0.25, 0.3) is 0 Å². The number of nitrogens with one attached hydrogen (secondary N) is 1. The fraction of sp³-hybridized carbons (Fsp3) is 0.360. The van der Waals surface area contributed by atoms with E-state index in [0.29, 0.717) is 47.8 Å². The number of carbonyl (C=O) groups is 3. The SMILES string of the molecule is C[C@@H]1CCN(CC(C#N)C=O)C[C@@H]1N(C)c1ncnc2c1ccn2C(=O)Nc1ccc(C(=O)O)cc1. The Morgan fingerprint density at radius 1 is 1.31 bits per heavy atom. The summed E-state index contributed by atoms with van der Waals surface area (Å²) in [5.41, 5.74) is 1.03. The maximum absolute atomic E-state index is 12.9. The molecule has 1 saturated heterocycles. The first-order valence-electron chi connectivity index (χ1n) is 11.6. The van der Waals surface area contributed by atoms with E-state index in [0.717, 1.165) is 13.0 Å². The quantitative estimate of drug-likeness (QED) is 0.479. The number of fused-ring (bicyclic) bond motifs is 1. The van der Waals surface area contributed by atoms with Gasteiger partial charge in [-0.2, -0.15) is 5.26 Å². The number of carbonyl (C=O) groups excluding carboxylic acids is 2. The van der Waals surface area contributed by atoms with Crippen LogP contribution in [0.3, 0.4) is 0 Å². The lowest BCUT2D eigenvalue weighted by molar-refractivity contribution is -0.110. The van der Waals surface area contributed by atoms with Crippen LogP contribution in [0.25, 0.3) is 11.0 Å². The molecule has 2 aromatic heterocycles. The summed E-state index contributed by atoms with van der Waals surface area (Å²) in [6, 6.07) is 9.38. The van der Waals surface area contributed by atoms with E-state index in [9.17, 15) is 14.4 Å². The molecule has 0 saturated carbocycles. The Balaban J connectivity index is 1.55. The van der Waals surface area contributed by atoms with Crippen LogP contribution in [0.1, 0.15) is 23.7 Å². The Bertz CT molecular complexity index is 1310. The van der Waals surface area contributed by atoms with Gasteiger partial charge in [-0.25, -0.2) is 19.6 Å². The zero-order valence-corrected chi connectivity index (χ0v) is 20.0. The molecule has 0 spiro atoms. The maximum Gasteiger partial charge on any atom is 0.335 e. The number of hydrogen-bond acceptors (Lipinski definition) is 8. The van der Waals surface area contributed by atoms with Crippen molar-refractivity contribution in [2.24, 2.45) is 11.8 Å². The van der Waals surface area contributed by atoms with Crippen molar-refractivity contribution in [2.45, 2.75) is 19.4 Å². The molecule has 1 amide bonds. The van der Waals surface area contributed by atoms with Crippen molar-refractivity contribution < 1.29 is 19.5 Å². The van der Waals surface area contributed by atoms with Gasteiger partial charge in [-0.05, 0) is 49.2 Å². The largest absolute Gasteiger partial charge is 0.478 e. The molecule has 1 fully saturated rings. The number of carboxylic acid groups (broad SMARTS) is 1. The number of nitrogens with zero attached hydrogens (tertiary/aromatic N) is 6. The number of aldehydes is 1. The molecule has 1 aliphatic rings. The van der Waals surface area contributed by atoms with E-state index in [2.05, 4.69) is 32.0 Å². The minimum Gasteiger partial charge on any atom is -0.478 e. The van der Waals surface area contributed by atoms with Crippen LogP contribution >= 0.6 is 0 Å². The first-order chi connectivity index (χ1) is 17.3. The van der Waals surface area contributed by atoms with Gasteiger partial charge < -0.3 is 20.1 Å². The number of benzene rings is 1. The number of likely N-dealkylation sites (tertiary alicyclic amines) is 1. The number of aromatic nitrogens is 3. The summed E-state index contributed by atoms with van der Waals surface area (Å²) in [5.74, 6) is -0.653. The van der Waals surface area contributed by atoms with Gasteiger partial charge in [0.1, 0.15) is 24.3 Å². The van der Waals surface area contributed by atoms with E-state index in [1.54, 1.807) is 12.3 Å². The highest BCUT2D eigenvalue weighted by Crippen LogP contribution is 2.29. The summed E-state index contributed by atoms with van der Waals surface area (Å²) in [7, 11) is 1.95. The molecule has 0 radical (unpaired) electrons. The van der Waals surface area contributed by atoms with Gasteiger partial charge in [-0.15, -0.1) is 0 Å². The lowest BCUT2D eigenvalue weighted by Gasteiger charge is -2.42. The third-order valence-electron chi connectivity index (χ3n) is 6.68. The van der Waals surface area contributed by atoms with E-state index in [1.165, 1.54) is 35.2 Å². The molecule has 11 heteroatoms. The molecule has 3 heterocycles. The molecule has 186 valence electrons. The summed E-state index contributed by atoms with van der Waals surface area (Å²) in [5, 5.41) is 21.7. The second-order valence-electron chi connectivity index (χ2n) is 9.01. The average Bonchev–Trinajstić information content (AvgIpc) is 3.32. The number of likely N-dealkylation sites (N-methyl/N-ethyl adjacent to an activating group) is 1. The molecule has 3 atom stereocenters. The molecule has 4 rings (SSSR count). The highest BCUT2D eigenvalue weighted by atomic mass is 16.4. The highest BCUT2D eigenvalue weighted by Gasteiger charge is 2.32. The molecule has 1 aromatic carbocycles. The van der Waals surface area contributed by atoms with Crippen LogP contribution in [0.4, 0.5) is 16.3 Å². The molecule has 3 aromatic rings. The number of rotatable bonds is 7. The fourth-order valence-electron chi connectivity index (χ4n) is 4.60. The lowest BCUT2D eigenvalue weighted by atomic mass is 9.91. The van der Waals surface area contributed by atoms with Gasteiger partial charge in [-0.3, -0.25) is 9.47 Å². The smallest absolute Gasteiger partial charge is 0.335 e. The molecule has 0 bridgehead atoms. The van der Waals surface area contributed by atoms with E-state index >= 15 is 0 Å². The molecule has 36 heavy (non-hydrogen) atoms. The predicted molar refractivity (Wildman–Crippen MR) is 133 cm³/mol. The van der Waals surface area contributed by atoms with Crippen molar-refractivity contribution in [1.82, 2.24) is 19.4 Å². The van der Waals surface area contributed by atoms with Gasteiger partial charge in [0.2, 0.25) is 0 Å². The number of piperidine rings is 1. The first kappa shape index (κ1) is 24.8. The zero-order valence-electron chi connectivity index (χ0n) is 20.0. The molecular formula is C25H27N7O4. The van der Waals surface area contributed by atoms with Crippen molar-refractivity contribution in [1.29, 1.82) is 5.26 Å². The van der Waals surface area contributed by atoms with Gasteiger partial charge in [0, 0.05) is 38.1 Å². The topological polar surface area (TPSA) is 144 Å². The maximum atomic E-state index is 12.9. The van der Waals surface area contributed by atoms with Crippen LogP contribution in [0.5, 0.6) is 0 Å². The van der Waals surface area contributed by atoms with Crippen molar-refractivity contribution in [3.05, 3.63) is 48.4 Å². The number of anilines is 2. The second-order valence-corrected chi connectivity index (χ2v) is 9.01. The van der Waals surface area contributed by atoms with Gasteiger partial charge >= 0.3 is 12.0 Å². The van der Waals surface area contributed by atoms with Gasteiger partial charge in [0.15, 0.2) is 5.65 Å². The fourth-order valence-corrected chi connectivity index (χ4v) is 4.60. The van der Waals surface area contributed by atoms with Gasteiger partial charge in [-0.1, -0.05) is 6.92 Å². The number of aromatic carboxylic acids is 1. The lowest BCUT2D eigenvalue weighted by Crippen LogP contribution is -2.52. The number of amides is 1. The normalized spacial score (nSPS) is 18.8. The van der Waals surface area contributed by atoms with Crippen molar-refractivity contribution in [3.63, 3.8) is 0 Å². The van der Waals surface area contributed by atoms with Gasteiger partial charge in [0.05, 0.1) is 17.0 Å². The highest BCUT2D eigenvalue weighted by molar-refractivity contribution is 6.00. The zero-order chi connectivity index (χ0) is 25.8. The number of nitriles is 1. The second kappa shape index (κ2) is 10.5. The number of hydrogen-bond donors (Lipinski definition) is 2. The molecule has 1 unspecified atom stereocenters. The molecule has 11 nitrogen and oxygen atoms in total. The molecular weight excluding hydrogens is 462 g/mol. The van der Waals surface area contributed by atoms with Crippen molar-refractivity contribution >= 4 is 40.8 Å². The Kier molecular flexibility index (Phi) is 7.26. The van der Waals surface area contributed by atoms with E-state index in [4.69, 9.17) is 10.4 Å². The Morgan fingerprint density at radius 2 is 2.06 bits per heavy atom. The summed E-state index contributed by atoms with van der Waals surface area (Å²) < 4.78 is 1.39. The molecule has 0 aliphatic carbocycles. The van der Waals surface area contributed by atoms with Crippen LogP contribution in [-0.2, 0) is 4.79 Å². The first-order valence-corrected chi connectivity index (χ1v) is 11.6. The summed E-state index contributed by atoms with van der Waals surface area (Å²) >= 11 is 0. The molecule has 1 aliphatic heterocycles. The van der Waals surface area contributed by atoms with Crippen LogP contribution < -0.4 is 10.2 Å². The standard InChI is InChI=1S/C25H27N7O4/c1-16-7-9-31(12-17(11-26)14-33)13-21(16)30(2)22-20-8-10-32(23(20)28-15-27-22)25(36)29-19-5-3-18(4-6-19)24(34)35/h3-6,8,10,14-17,21H,7,9,12-13H2,1-2H3,(H,29,36)(H,34,35)/t16-,17?,21+/m1/s1. The van der Waals surface area contributed by atoms with Crippen LogP contribution in [0.2, 0.25) is 0 Å². The Morgan fingerprint density at radius 3 is 2.72 bits per heavy atom. The minimum atomic E-state index is -1.04. The molecule has 2 N–H and O–H groups in total. The van der Waals surface area contributed by atoms with Crippen LogP contribution in [0, 0.1) is 23.2 Å². The van der Waals surface area contributed by atoms with Crippen LogP contribution in [0.15, 0.2) is 42.9 Å². The summed E-state index contributed by atoms with van der Waals surface area (Å²) in [4.78, 5) is 48.2. The summed E-state index contributed by atoms with van der Waals surface area (Å²) in [6.07, 6.45) is 4.65.